The Kier molecular flexibility index (Phi) is 6.14. The van der Waals surface area contributed by atoms with E-state index >= 15 is 0 Å². The van der Waals surface area contributed by atoms with Crippen LogP contribution in [0.2, 0.25) is 5.02 Å². The Morgan fingerprint density at radius 2 is 1.77 bits per heavy atom. The number of rotatable bonds is 6. The van der Waals surface area contributed by atoms with Crippen LogP contribution in [-0.4, -0.2) is 27.6 Å². The number of aromatic nitrogens is 2. The maximum Gasteiger partial charge on any atom is 0.258 e. The highest BCUT2D eigenvalue weighted by molar-refractivity contribution is 6.31. The van der Waals surface area contributed by atoms with Crippen molar-refractivity contribution in [1.82, 2.24) is 15.1 Å². The highest BCUT2D eigenvalue weighted by Crippen LogP contribution is 2.21. The zero-order valence-electron chi connectivity index (χ0n) is 16.5. The second kappa shape index (κ2) is 9.13. The van der Waals surface area contributed by atoms with Crippen LogP contribution in [0.3, 0.4) is 0 Å². The normalized spacial score (nSPS) is 13.9. The molecular weight excluding hydrogens is 400 g/mol. The highest BCUT2D eigenvalue weighted by atomic mass is 35.5. The van der Waals surface area contributed by atoms with E-state index in [0.717, 1.165) is 31.2 Å². The Morgan fingerprint density at radius 3 is 2.57 bits per heavy atom. The first-order valence-electron chi connectivity index (χ1n) is 10.1. The Bertz CT molecular complexity index is 1060. The van der Waals surface area contributed by atoms with Crippen LogP contribution in [0.5, 0.6) is 0 Å². The van der Waals surface area contributed by atoms with Crippen LogP contribution in [0.15, 0.2) is 60.9 Å². The number of carbonyl (C=O) groups is 2. The summed E-state index contributed by atoms with van der Waals surface area (Å²) in [6.45, 7) is 0.466. The van der Waals surface area contributed by atoms with Gasteiger partial charge in [-0.25, -0.2) is 0 Å². The van der Waals surface area contributed by atoms with Gasteiger partial charge >= 0.3 is 0 Å². The topological polar surface area (TPSA) is 76.0 Å². The van der Waals surface area contributed by atoms with Crippen LogP contribution >= 0.6 is 11.6 Å². The van der Waals surface area contributed by atoms with E-state index in [1.54, 1.807) is 35.1 Å². The molecule has 0 atom stereocenters. The third-order valence-corrected chi connectivity index (χ3v) is 5.66. The van der Waals surface area contributed by atoms with Crippen LogP contribution in [0, 0.1) is 0 Å². The molecule has 0 unspecified atom stereocenters. The van der Waals surface area contributed by atoms with Crippen LogP contribution in [0.1, 0.15) is 52.0 Å². The summed E-state index contributed by atoms with van der Waals surface area (Å²) in [5.41, 5.74) is 2.27. The molecule has 1 heterocycles. The van der Waals surface area contributed by atoms with Crippen molar-refractivity contribution in [2.45, 2.75) is 38.3 Å². The molecule has 0 saturated heterocycles. The fourth-order valence-corrected chi connectivity index (χ4v) is 3.88. The molecule has 0 spiro atoms. The molecule has 1 aliphatic rings. The van der Waals surface area contributed by atoms with Gasteiger partial charge in [0.05, 0.1) is 29.6 Å². The lowest BCUT2D eigenvalue weighted by Crippen LogP contribution is -2.33. The lowest BCUT2D eigenvalue weighted by Gasteiger charge is -2.14. The molecule has 3 aromatic rings. The predicted molar refractivity (Wildman–Crippen MR) is 117 cm³/mol. The fraction of sp³-hybridized carbons (Fsp3) is 0.261. The van der Waals surface area contributed by atoms with Gasteiger partial charge in [0.15, 0.2) is 0 Å². The summed E-state index contributed by atoms with van der Waals surface area (Å²) in [7, 11) is 0. The number of anilines is 1. The smallest absolute Gasteiger partial charge is 0.258 e. The van der Waals surface area contributed by atoms with Crippen LogP contribution in [-0.2, 0) is 6.54 Å². The molecule has 0 radical (unpaired) electrons. The van der Waals surface area contributed by atoms with E-state index in [9.17, 15) is 9.59 Å². The minimum atomic E-state index is -0.318. The van der Waals surface area contributed by atoms with Crippen molar-refractivity contribution in [2.75, 3.05) is 5.32 Å². The van der Waals surface area contributed by atoms with Gasteiger partial charge < -0.3 is 10.6 Å². The Balaban J connectivity index is 1.45. The van der Waals surface area contributed by atoms with Gasteiger partial charge in [0.1, 0.15) is 0 Å². The first-order valence-corrected chi connectivity index (χ1v) is 10.4. The van der Waals surface area contributed by atoms with Crippen molar-refractivity contribution in [3.05, 3.63) is 82.6 Å². The summed E-state index contributed by atoms with van der Waals surface area (Å²) in [6.07, 6.45) is 7.46. The molecule has 1 fully saturated rings. The molecule has 30 heavy (non-hydrogen) atoms. The quantitative estimate of drug-likeness (QED) is 0.613. The zero-order valence-corrected chi connectivity index (χ0v) is 17.2. The SMILES string of the molecule is O=C(Nc1ccccc1C(=O)NC1CCCC1)c1cnn(Cc2ccccc2Cl)c1. The standard InChI is InChI=1S/C23H23ClN4O2/c24-20-11-5-1-7-16(20)14-28-15-17(13-25-28)22(29)27-21-12-6-4-10-19(21)23(30)26-18-8-2-3-9-18/h1,4-7,10-13,15,18H,2-3,8-9,14H2,(H,26,30)(H,27,29). The number of nitrogens with zero attached hydrogens (tertiary/aromatic N) is 2. The van der Waals surface area contributed by atoms with Gasteiger partial charge in [-0.15, -0.1) is 0 Å². The van der Waals surface area contributed by atoms with E-state index < -0.39 is 0 Å². The monoisotopic (exact) mass is 422 g/mol. The van der Waals surface area contributed by atoms with Gasteiger partial charge in [-0.05, 0) is 36.6 Å². The number of para-hydroxylation sites is 1. The Labute approximate surface area is 180 Å². The molecule has 7 heteroatoms. The van der Waals surface area contributed by atoms with E-state index in [0.29, 0.717) is 28.4 Å². The molecule has 2 aromatic carbocycles. The molecule has 6 nitrogen and oxygen atoms in total. The summed E-state index contributed by atoms with van der Waals surface area (Å²) in [6, 6.07) is 14.8. The average molecular weight is 423 g/mol. The summed E-state index contributed by atoms with van der Waals surface area (Å²) >= 11 is 6.20. The first-order chi connectivity index (χ1) is 14.6. The van der Waals surface area contributed by atoms with Crippen molar-refractivity contribution < 1.29 is 9.59 Å². The van der Waals surface area contributed by atoms with Crippen LogP contribution < -0.4 is 10.6 Å². The second-order valence-corrected chi connectivity index (χ2v) is 7.88. The minimum Gasteiger partial charge on any atom is -0.349 e. The van der Waals surface area contributed by atoms with Crippen molar-refractivity contribution in [3.63, 3.8) is 0 Å². The van der Waals surface area contributed by atoms with E-state index in [-0.39, 0.29) is 17.9 Å². The van der Waals surface area contributed by atoms with E-state index in [4.69, 9.17) is 11.6 Å². The predicted octanol–water partition coefficient (Wildman–Crippen LogP) is 4.51. The minimum absolute atomic E-state index is 0.160. The number of benzene rings is 2. The van der Waals surface area contributed by atoms with Gasteiger partial charge in [0.25, 0.3) is 11.8 Å². The zero-order chi connectivity index (χ0) is 20.9. The van der Waals surface area contributed by atoms with Gasteiger partial charge in [-0.2, -0.15) is 5.10 Å². The molecule has 2 amide bonds. The van der Waals surface area contributed by atoms with Crippen LogP contribution in [0.25, 0.3) is 0 Å². The molecule has 0 aliphatic heterocycles. The molecular formula is C23H23ClN4O2. The lowest BCUT2D eigenvalue weighted by atomic mass is 10.1. The largest absolute Gasteiger partial charge is 0.349 e. The third kappa shape index (κ3) is 4.71. The van der Waals surface area contributed by atoms with Gasteiger partial charge in [0.2, 0.25) is 0 Å². The molecule has 1 aliphatic carbocycles. The summed E-state index contributed by atoms with van der Waals surface area (Å²) < 4.78 is 1.66. The van der Waals surface area contributed by atoms with Crippen molar-refractivity contribution in [3.8, 4) is 0 Å². The van der Waals surface area contributed by atoms with E-state index in [2.05, 4.69) is 15.7 Å². The van der Waals surface area contributed by atoms with Crippen molar-refractivity contribution in [2.24, 2.45) is 0 Å². The molecule has 1 aromatic heterocycles. The van der Waals surface area contributed by atoms with E-state index in [1.165, 1.54) is 6.20 Å². The summed E-state index contributed by atoms with van der Waals surface area (Å²) in [4.78, 5) is 25.4. The fourth-order valence-electron chi connectivity index (χ4n) is 3.69. The van der Waals surface area contributed by atoms with Gasteiger partial charge in [0, 0.05) is 17.3 Å². The number of hydrogen-bond acceptors (Lipinski definition) is 3. The Morgan fingerprint density at radius 1 is 1.03 bits per heavy atom. The molecule has 1 saturated carbocycles. The third-order valence-electron chi connectivity index (χ3n) is 5.30. The first kappa shape index (κ1) is 20.2. The summed E-state index contributed by atoms with van der Waals surface area (Å²) in [5, 5.41) is 10.8. The molecule has 154 valence electrons. The lowest BCUT2D eigenvalue weighted by molar-refractivity contribution is 0.0939. The number of amides is 2. The van der Waals surface area contributed by atoms with E-state index in [1.807, 2.05) is 24.3 Å². The number of hydrogen-bond donors (Lipinski definition) is 2. The Hall–Kier alpha value is -3.12. The second-order valence-electron chi connectivity index (χ2n) is 7.47. The van der Waals surface area contributed by atoms with Crippen LogP contribution in [0.4, 0.5) is 5.69 Å². The maximum absolute atomic E-state index is 12.7. The number of halogens is 1. The molecule has 2 N–H and O–H groups in total. The number of nitrogens with one attached hydrogen (secondary N) is 2. The van der Waals surface area contributed by atoms with Crippen molar-refractivity contribution in [1.29, 1.82) is 0 Å². The van der Waals surface area contributed by atoms with Gasteiger partial charge in [-0.1, -0.05) is 54.8 Å². The molecule has 0 bridgehead atoms. The maximum atomic E-state index is 12.7. The molecule has 4 rings (SSSR count). The van der Waals surface area contributed by atoms with Gasteiger partial charge in [-0.3, -0.25) is 14.3 Å². The average Bonchev–Trinajstić information content (AvgIpc) is 3.42. The number of carbonyl (C=O) groups excluding carboxylic acids is 2. The highest BCUT2D eigenvalue weighted by Gasteiger charge is 2.20. The van der Waals surface area contributed by atoms with Crippen molar-refractivity contribution >= 4 is 29.1 Å². The summed E-state index contributed by atoms with van der Waals surface area (Å²) in [5.74, 6) is -0.478.